The van der Waals surface area contributed by atoms with Gasteiger partial charge in [0.25, 0.3) is 0 Å². The highest BCUT2D eigenvalue weighted by molar-refractivity contribution is 5.16. The molecule has 0 aliphatic rings. The van der Waals surface area contributed by atoms with Gasteiger partial charge in [-0.05, 0) is 37.1 Å². The smallest absolute Gasteiger partial charge is 0.0556 e. The minimum Gasteiger partial charge on any atom is -0.309 e. The third-order valence-electron chi connectivity index (χ3n) is 3.15. The van der Waals surface area contributed by atoms with Crippen LogP contribution in [0, 0.1) is 0 Å². The van der Waals surface area contributed by atoms with E-state index < -0.39 is 0 Å². The molecule has 0 aliphatic carbocycles. The van der Waals surface area contributed by atoms with Crippen molar-refractivity contribution in [2.24, 2.45) is 0 Å². The van der Waals surface area contributed by atoms with E-state index in [1.54, 1.807) is 0 Å². The molecule has 0 saturated heterocycles. The summed E-state index contributed by atoms with van der Waals surface area (Å²) in [5.74, 6) is 0. The van der Waals surface area contributed by atoms with E-state index in [4.69, 9.17) is 0 Å². The molecule has 2 aromatic rings. The Labute approximate surface area is 114 Å². The van der Waals surface area contributed by atoms with E-state index in [2.05, 4.69) is 46.1 Å². The van der Waals surface area contributed by atoms with Crippen LogP contribution in [0.25, 0.3) is 0 Å². The first-order valence-corrected chi connectivity index (χ1v) is 6.99. The van der Waals surface area contributed by atoms with Crippen LogP contribution in [0.3, 0.4) is 0 Å². The van der Waals surface area contributed by atoms with Crippen molar-refractivity contribution in [2.45, 2.75) is 39.3 Å². The van der Waals surface area contributed by atoms with Gasteiger partial charge in [0.15, 0.2) is 0 Å². The number of nitrogens with zero attached hydrogens (tertiary/aromatic N) is 3. The van der Waals surface area contributed by atoms with Gasteiger partial charge in [-0.2, -0.15) is 5.10 Å². The maximum atomic E-state index is 4.41. The van der Waals surface area contributed by atoms with Gasteiger partial charge in [-0.25, -0.2) is 0 Å². The van der Waals surface area contributed by atoms with Crippen molar-refractivity contribution in [3.8, 4) is 0 Å². The molecule has 0 aromatic carbocycles. The third kappa shape index (κ3) is 3.64. The highest BCUT2D eigenvalue weighted by Gasteiger charge is 2.15. The summed E-state index contributed by atoms with van der Waals surface area (Å²) in [7, 11) is 0. The monoisotopic (exact) mass is 258 g/mol. The van der Waals surface area contributed by atoms with Crippen molar-refractivity contribution in [1.82, 2.24) is 20.1 Å². The standard InChI is InChI=1S/C15H22N4/c1-3-10-19-15(7-9-18-19)14(17-4-2)11-13-6-5-8-16-12-13/h5-9,12,14,17H,3-4,10-11H2,1-2H3. The molecule has 0 fully saturated rings. The van der Waals surface area contributed by atoms with E-state index in [0.29, 0.717) is 6.04 Å². The van der Waals surface area contributed by atoms with Gasteiger partial charge in [-0.3, -0.25) is 9.67 Å². The molecule has 102 valence electrons. The third-order valence-corrected chi connectivity index (χ3v) is 3.15. The Balaban J connectivity index is 2.17. The molecule has 0 amide bonds. The summed E-state index contributed by atoms with van der Waals surface area (Å²) < 4.78 is 2.10. The molecule has 0 aliphatic heterocycles. The number of pyridine rings is 1. The lowest BCUT2D eigenvalue weighted by Gasteiger charge is -2.19. The summed E-state index contributed by atoms with van der Waals surface area (Å²) in [6.07, 6.45) is 7.67. The predicted molar refractivity (Wildman–Crippen MR) is 76.9 cm³/mol. The van der Waals surface area contributed by atoms with Crippen LogP contribution in [0.5, 0.6) is 0 Å². The Morgan fingerprint density at radius 3 is 2.84 bits per heavy atom. The van der Waals surface area contributed by atoms with Crippen molar-refractivity contribution in [1.29, 1.82) is 0 Å². The largest absolute Gasteiger partial charge is 0.309 e. The van der Waals surface area contributed by atoms with E-state index in [9.17, 15) is 0 Å². The summed E-state index contributed by atoms with van der Waals surface area (Å²) in [5, 5.41) is 7.96. The number of likely N-dealkylation sites (N-methyl/N-ethyl adjacent to an activating group) is 1. The Kier molecular flexibility index (Phi) is 5.10. The summed E-state index contributed by atoms with van der Waals surface area (Å²) in [4.78, 5) is 4.19. The normalized spacial score (nSPS) is 12.5. The van der Waals surface area contributed by atoms with Crippen molar-refractivity contribution in [3.05, 3.63) is 48.0 Å². The molecule has 1 unspecified atom stereocenters. The quantitative estimate of drug-likeness (QED) is 0.830. The van der Waals surface area contributed by atoms with Gasteiger partial charge in [0.2, 0.25) is 0 Å². The zero-order valence-corrected chi connectivity index (χ0v) is 11.7. The zero-order chi connectivity index (χ0) is 13.5. The minimum absolute atomic E-state index is 0.295. The molecular weight excluding hydrogens is 236 g/mol. The second-order valence-corrected chi connectivity index (χ2v) is 4.65. The SMILES string of the molecule is CCCn1nccc1C(Cc1cccnc1)NCC. The van der Waals surface area contributed by atoms with E-state index in [-0.39, 0.29) is 0 Å². The van der Waals surface area contributed by atoms with Crippen LogP contribution in [0.1, 0.15) is 37.6 Å². The lowest BCUT2D eigenvalue weighted by molar-refractivity contribution is 0.478. The zero-order valence-electron chi connectivity index (χ0n) is 11.7. The predicted octanol–water partition coefficient (Wildman–Crippen LogP) is 2.58. The summed E-state index contributed by atoms with van der Waals surface area (Å²) in [5.41, 5.74) is 2.50. The van der Waals surface area contributed by atoms with Crippen LogP contribution in [0.2, 0.25) is 0 Å². The van der Waals surface area contributed by atoms with Gasteiger partial charge in [0, 0.05) is 25.1 Å². The number of hydrogen-bond acceptors (Lipinski definition) is 3. The van der Waals surface area contributed by atoms with E-state index >= 15 is 0 Å². The van der Waals surface area contributed by atoms with E-state index in [1.165, 1.54) is 11.3 Å². The van der Waals surface area contributed by atoms with Crippen molar-refractivity contribution < 1.29 is 0 Å². The Morgan fingerprint density at radius 2 is 2.16 bits per heavy atom. The number of aromatic nitrogens is 3. The molecule has 1 atom stereocenters. The molecule has 0 spiro atoms. The van der Waals surface area contributed by atoms with E-state index in [1.807, 2.05) is 24.7 Å². The van der Waals surface area contributed by atoms with Crippen LogP contribution in [-0.4, -0.2) is 21.3 Å². The molecule has 4 nitrogen and oxygen atoms in total. The molecule has 0 saturated carbocycles. The van der Waals surface area contributed by atoms with Crippen molar-refractivity contribution in [2.75, 3.05) is 6.54 Å². The van der Waals surface area contributed by atoms with Gasteiger partial charge in [0.1, 0.15) is 0 Å². The van der Waals surface area contributed by atoms with Crippen LogP contribution >= 0.6 is 0 Å². The second kappa shape index (κ2) is 7.04. The van der Waals surface area contributed by atoms with Gasteiger partial charge < -0.3 is 5.32 Å². The van der Waals surface area contributed by atoms with Gasteiger partial charge in [-0.15, -0.1) is 0 Å². The Bertz CT molecular complexity index is 478. The van der Waals surface area contributed by atoms with Gasteiger partial charge >= 0.3 is 0 Å². The van der Waals surface area contributed by atoms with Crippen LogP contribution in [-0.2, 0) is 13.0 Å². The van der Waals surface area contributed by atoms with Gasteiger partial charge in [0.05, 0.1) is 11.7 Å². The van der Waals surface area contributed by atoms with Crippen molar-refractivity contribution in [3.63, 3.8) is 0 Å². The topological polar surface area (TPSA) is 42.7 Å². The Morgan fingerprint density at radius 1 is 1.26 bits per heavy atom. The molecule has 0 radical (unpaired) electrons. The number of hydrogen-bond donors (Lipinski definition) is 1. The summed E-state index contributed by atoms with van der Waals surface area (Å²) in [6.45, 7) is 6.23. The fourth-order valence-electron chi connectivity index (χ4n) is 2.32. The first-order valence-electron chi connectivity index (χ1n) is 6.99. The maximum Gasteiger partial charge on any atom is 0.0556 e. The molecular formula is C15H22N4. The molecule has 4 heteroatoms. The number of rotatable bonds is 7. The molecule has 1 N–H and O–H groups in total. The lowest BCUT2D eigenvalue weighted by Crippen LogP contribution is -2.25. The van der Waals surface area contributed by atoms with E-state index in [0.717, 1.165) is 25.9 Å². The first kappa shape index (κ1) is 13.7. The summed E-state index contributed by atoms with van der Waals surface area (Å²) in [6, 6.07) is 6.52. The fourth-order valence-corrected chi connectivity index (χ4v) is 2.32. The average Bonchev–Trinajstić information content (AvgIpc) is 2.88. The van der Waals surface area contributed by atoms with Crippen LogP contribution in [0.4, 0.5) is 0 Å². The fraction of sp³-hybridized carbons (Fsp3) is 0.467. The number of aryl methyl sites for hydroxylation is 1. The maximum absolute atomic E-state index is 4.41. The highest BCUT2D eigenvalue weighted by Crippen LogP contribution is 2.18. The molecule has 19 heavy (non-hydrogen) atoms. The highest BCUT2D eigenvalue weighted by atomic mass is 15.3. The molecule has 2 rings (SSSR count). The second-order valence-electron chi connectivity index (χ2n) is 4.65. The Hall–Kier alpha value is -1.68. The van der Waals surface area contributed by atoms with Crippen molar-refractivity contribution >= 4 is 0 Å². The number of nitrogens with one attached hydrogen (secondary N) is 1. The van der Waals surface area contributed by atoms with Crippen LogP contribution in [0.15, 0.2) is 36.8 Å². The molecule has 2 heterocycles. The molecule has 2 aromatic heterocycles. The summed E-state index contributed by atoms with van der Waals surface area (Å²) >= 11 is 0. The average molecular weight is 258 g/mol. The molecule has 0 bridgehead atoms. The van der Waals surface area contributed by atoms with Crippen LogP contribution < -0.4 is 5.32 Å². The lowest BCUT2D eigenvalue weighted by atomic mass is 10.0. The first-order chi connectivity index (χ1) is 9.35. The van der Waals surface area contributed by atoms with Gasteiger partial charge in [-0.1, -0.05) is 19.9 Å². The minimum atomic E-state index is 0.295.